The molecule has 4 rings (SSSR count). The van der Waals surface area contributed by atoms with Crippen LogP contribution in [0.25, 0.3) is 21.5 Å². The Kier molecular flexibility index (Phi) is 17.5. The van der Waals surface area contributed by atoms with Crippen LogP contribution in [-0.4, -0.2) is 72.3 Å². The molecule has 4 N–H and O–H groups in total. The molecule has 0 heterocycles. The molecule has 0 aliphatic heterocycles. The van der Waals surface area contributed by atoms with Crippen molar-refractivity contribution in [3.05, 3.63) is 48.5 Å². The van der Waals surface area contributed by atoms with Crippen LogP contribution < -0.4 is 118 Å². The van der Waals surface area contributed by atoms with Gasteiger partial charge in [0.2, 0.25) is 0 Å². The van der Waals surface area contributed by atoms with Gasteiger partial charge >= 0.3 is 118 Å². The fraction of sp³-hybridized carbons (Fsp3) is 0. The van der Waals surface area contributed by atoms with E-state index in [1.54, 1.807) is 0 Å². The van der Waals surface area contributed by atoms with Gasteiger partial charge in [0, 0.05) is 0 Å². The Labute approximate surface area is 338 Å². The third-order valence-corrected chi connectivity index (χ3v) is 8.53. The minimum absolute atomic E-state index is 0. The average molecular weight is 729 g/mol. The number of phenols is 4. The van der Waals surface area contributed by atoms with Crippen LogP contribution in [0.3, 0.4) is 0 Å². The zero-order valence-electron chi connectivity index (χ0n) is 22.9. The summed E-state index contributed by atoms with van der Waals surface area (Å²) < 4.78 is 131. The quantitative estimate of drug-likeness (QED) is 0.112. The largest absolute Gasteiger partial charge is 1.00 e. The zero-order valence-corrected chi connectivity index (χ0v) is 34.2. The van der Waals surface area contributed by atoms with Crippen molar-refractivity contribution in [1.82, 2.24) is 0 Å². The van der Waals surface area contributed by atoms with Gasteiger partial charge in [-0.1, -0.05) is 0 Å². The van der Waals surface area contributed by atoms with Crippen LogP contribution >= 0.6 is 0 Å². The molecular formula is C20H12Na4O16S4. The van der Waals surface area contributed by atoms with Crippen LogP contribution in [0.4, 0.5) is 0 Å². The first kappa shape index (κ1) is 46.4. The third-order valence-electron chi connectivity index (χ3n) is 5.07. The summed E-state index contributed by atoms with van der Waals surface area (Å²) >= 11 is 0. The molecule has 0 amide bonds. The first-order valence-electron chi connectivity index (χ1n) is 9.83. The molecule has 4 aromatic rings. The van der Waals surface area contributed by atoms with Gasteiger partial charge in [0.25, 0.3) is 0 Å². The fourth-order valence-electron chi connectivity index (χ4n) is 3.37. The van der Waals surface area contributed by atoms with Gasteiger partial charge in [0.15, 0.2) is 0 Å². The molecule has 0 aromatic heterocycles. The molecule has 216 valence electrons. The van der Waals surface area contributed by atoms with E-state index in [1.165, 1.54) is 0 Å². The summed E-state index contributed by atoms with van der Waals surface area (Å²) in [4.78, 5) is -3.82. The Morgan fingerprint density at radius 1 is 0.341 bits per heavy atom. The van der Waals surface area contributed by atoms with Crippen molar-refractivity contribution in [2.45, 2.75) is 19.6 Å². The molecule has 0 bridgehead atoms. The van der Waals surface area contributed by atoms with Gasteiger partial charge in [0.1, 0.15) is 63.5 Å². The molecule has 0 unspecified atom stereocenters. The monoisotopic (exact) mass is 728 g/mol. The Morgan fingerprint density at radius 2 is 0.477 bits per heavy atom. The zero-order chi connectivity index (χ0) is 30.6. The molecule has 0 aliphatic carbocycles. The SMILES string of the molecule is O=S(=O)([O-])c1cc2cc(S(=O)(=O)[O-])c(O)cc2cc1O.O=S(=O)([O-])c1cc2cc(S(=O)(=O)[O-])c(O)cc2cc1O.[Na+].[Na+].[Na+].[Na+]. The first-order chi connectivity index (χ1) is 18.0. The van der Waals surface area contributed by atoms with Gasteiger partial charge in [-0.3, -0.25) is 0 Å². The van der Waals surface area contributed by atoms with E-state index < -0.39 is 83.1 Å². The van der Waals surface area contributed by atoms with Crippen molar-refractivity contribution in [3.8, 4) is 23.0 Å². The second-order valence-electron chi connectivity index (χ2n) is 7.79. The van der Waals surface area contributed by atoms with Gasteiger partial charge in [-0.25, -0.2) is 33.7 Å². The number of hydrogen-bond donors (Lipinski definition) is 4. The van der Waals surface area contributed by atoms with Gasteiger partial charge < -0.3 is 38.6 Å². The van der Waals surface area contributed by atoms with E-state index in [4.69, 9.17) is 0 Å². The fourth-order valence-corrected chi connectivity index (χ4v) is 5.71. The molecule has 0 saturated heterocycles. The molecule has 0 atom stereocenters. The van der Waals surface area contributed by atoms with E-state index >= 15 is 0 Å². The predicted molar refractivity (Wildman–Crippen MR) is 126 cm³/mol. The van der Waals surface area contributed by atoms with E-state index in [1.807, 2.05) is 0 Å². The van der Waals surface area contributed by atoms with E-state index in [9.17, 15) is 72.3 Å². The van der Waals surface area contributed by atoms with E-state index in [-0.39, 0.29) is 140 Å². The van der Waals surface area contributed by atoms with Gasteiger partial charge in [-0.05, 0) is 70.1 Å². The second kappa shape index (κ2) is 16.6. The number of aromatic hydroxyl groups is 4. The molecule has 0 radical (unpaired) electrons. The van der Waals surface area contributed by atoms with E-state index in [0.717, 1.165) is 48.5 Å². The first-order valence-corrected chi connectivity index (χ1v) is 15.5. The summed E-state index contributed by atoms with van der Waals surface area (Å²) in [5, 5.41) is 37.6. The van der Waals surface area contributed by atoms with Crippen molar-refractivity contribution in [3.63, 3.8) is 0 Å². The minimum atomic E-state index is -4.97. The molecule has 0 fully saturated rings. The summed E-state index contributed by atoms with van der Waals surface area (Å²) in [5.41, 5.74) is 0. The predicted octanol–water partition coefficient (Wildman–Crippen LogP) is -11.9. The molecule has 16 nitrogen and oxygen atoms in total. The molecule has 0 aliphatic rings. The number of benzene rings is 4. The second-order valence-corrected chi connectivity index (χ2v) is 13.2. The maximum absolute atomic E-state index is 10.9. The van der Waals surface area contributed by atoms with Crippen LogP contribution in [0.2, 0.25) is 0 Å². The van der Waals surface area contributed by atoms with Crippen molar-refractivity contribution in [2.75, 3.05) is 0 Å². The number of phenolic OH excluding ortho intramolecular Hbond substituents is 4. The Balaban J connectivity index is 0. The summed E-state index contributed by atoms with van der Waals surface area (Å²) in [6.45, 7) is 0. The van der Waals surface area contributed by atoms with Crippen LogP contribution in [-0.2, 0) is 40.5 Å². The maximum atomic E-state index is 10.9. The topological polar surface area (TPSA) is 310 Å². The normalized spacial score (nSPS) is 11.5. The Hall–Kier alpha value is 0.240. The third kappa shape index (κ3) is 11.2. The van der Waals surface area contributed by atoms with E-state index in [0.29, 0.717) is 0 Å². The van der Waals surface area contributed by atoms with Crippen LogP contribution in [0.15, 0.2) is 68.1 Å². The molecule has 0 saturated carbocycles. The van der Waals surface area contributed by atoms with Crippen molar-refractivity contribution < 1.29 is 191 Å². The average Bonchev–Trinajstić information content (AvgIpc) is 2.74. The number of rotatable bonds is 4. The van der Waals surface area contributed by atoms with Crippen molar-refractivity contribution in [2.24, 2.45) is 0 Å². The smallest absolute Gasteiger partial charge is 0.744 e. The van der Waals surface area contributed by atoms with Crippen molar-refractivity contribution >= 4 is 62.0 Å². The minimum Gasteiger partial charge on any atom is -0.744 e. The Morgan fingerprint density at radius 3 is 0.614 bits per heavy atom. The summed E-state index contributed by atoms with van der Waals surface area (Å²) in [6, 6.07) is 6.34. The number of hydrogen-bond acceptors (Lipinski definition) is 16. The van der Waals surface area contributed by atoms with Crippen LogP contribution in [0.1, 0.15) is 0 Å². The summed E-state index contributed by atoms with van der Waals surface area (Å²) in [5.74, 6) is -3.37. The summed E-state index contributed by atoms with van der Waals surface area (Å²) in [6.07, 6.45) is 0. The molecule has 44 heavy (non-hydrogen) atoms. The molecule has 24 heteroatoms. The van der Waals surface area contributed by atoms with Gasteiger partial charge in [0.05, 0.1) is 19.6 Å². The van der Waals surface area contributed by atoms with Crippen LogP contribution in [0, 0.1) is 0 Å². The Bertz CT molecular complexity index is 1850. The molecule has 0 spiro atoms. The van der Waals surface area contributed by atoms with Gasteiger partial charge in [-0.15, -0.1) is 0 Å². The molecule has 4 aromatic carbocycles. The maximum Gasteiger partial charge on any atom is 1.00 e. The summed E-state index contributed by atoms with van der Waals surface area (Å²) in [7, 11) is -19.9. The van der Waals surface area contributed by atoms with Crippen molar-refractivity contribution in [1.29, 1.82) is 0 Å². The van der Waals surface area contributed by atoms with Gasteiger partial charge in [-0.2, -0.15) is 0 Å². The van der Waals surface area contributed by atoms with Crippen LogP contribution in [0.5, 0.6) is 23.0 Å². The number of fused-ring (bicyclic) bond motifs is 2. The molecular weight excluding hydrogens is 716 g/mol. The standard InChI is InChI=1S/2C10H8O8S2.4Na/c2*11-7-1-5-2-8(12)10(20(16,17)18)4-6(5)3-9(7)19(13,14)15;;;;/h2*1-4,11-12H,(H,13,14,15)(H,16,17,18);;;;/q;;4*+1/p-4. The van der Waals surface area contributed by atoms with E-state index in [2.05, 4.69) is 0 Å².